The van der Waals surface area contributed by atoms with Crippen molar-refractivity contribution in [2.45, 2.75) is 31.8 Å². The fourth-order valence-corrected chi connectivity index (χ4v) is 3.32. The maximum absolute atomic E-state index is 4.22. The van der Waals surface area contributed by atoms with Crippen LogP contribution in [0.3, 0.4) is 0 Å². The molecule has 3 aromatic rings. The van der Waals surface area contributed by atoms with E-state index in [4.69, 9.17) is 0 Å². The SMILES string of the molecule is C[C@@H](NC1Cc2ccccc2C1)c1nnnn1-c1ccccc1. The summed E-state index contributed by atoms with van der Waals surface area (Å²) < 4.78 is 1.81. The van der Waals surface area contributed by atoms with Crippen LogP contribution in [0.4, 0.5) is 0 Å². The molecule has 2 aromatic carbocycles. The first-order valence-corrected chi connectivity index (χ1v) is 7.98. The Morgan fingerprint density at radius 2 is 1.65 bits per heavy atom. The fraction of sp³-hybridized carbons (Fsp3) is 0.278. The third-order valence-corrected chi connectivity index (χ3v) is 4.42. The van der Waals surface area contributed by atoms with Gasteiger partial charge in [0.15, 0.2) is 5.82 Å². The normalized spacial score (nSPS) is 15.5. The standard InChI is InChI=1S/C18H19N5/c1-13(19-16-11-14-7-5-6-8-15(14)12-16)18-20-21-22-23(18)17-9-3-2-4-10-17/h2-10,13,16,19H,11-12H2,1H3/t13-/m1/s1. The molecule has 0 saturated heterocycles. The summed E-state index contributed by atoms with van der Waals surface area (Å²) in [5, 5.41) is 15.9. The first kappa shape index (κ1) is 14.1. The Kier molecular flexibility index (Phi) is 3.63. The average molecular weight is 305 g/mol. The molecule has 1 heterocycles. The summed E-state index contributed by atoms with van der Waals surface area (Å²) >= 11 is 0. The zero-order valence-electron chi connectivity index (χ0n) is 13.1. The van der Waals surface area contributed by atoms with E-state index in [0.717, 1.165) is 24.4 Å². The van der Waals surface area contributed by atoms with Gasteiger partial charge in [-0.05, 0) is 53.5 Å². The number of tetrazole rings is 1. The summed E-state index contributed by atoms with van der Waals surface area (Å²) in [6, 6.07) is 19.2. The Labute approximate surface area is 135 Å². The van der Waals surface area contributed by atoms with Crippen LogP contribution >= 0.6 is 0 Å². The molecular formula is C18H19N5. The minimum Gasteiger partial charge on any atom is -0.304 e. The second kappa shape index (κ2) is 5.93. The van der Waals surface area contributed by atoms with Crippen molar-refractivity contribution in [2.24, 2.45) is 0 Å². The third kappa shape index (κ3) is 2.75. The van der Waals surface area contributed by atoms with Crippen LogP contribution in [-0.4, -0.2) is 26.2 Å². The molecule has 0 amide bonds. The van der Waals surface area contributed by atoms with Crippen LogP contribution in [0.1, 0.15) is 29.9 Å². The van der Waals surface area contributed by atoms with E-state index in [1.54, 1.807) is 4.68 Å². The number of benzene rings is 2. The third-order valence-electron chi connectivity index (χ3n) is 4.42. The predicted octanol–water partition coefficient (Wildman–Crippen LogP) is 2.48. The number of fused-ring (bicyclic) bond motifs is 1. The number of nitrogens with zero attached hydrogens (tertiary/aromatic N) is 4. The molecule has 1 aliphatic rings. The monoisotopic (exact) mass is 305 g/mol. The van der Waals surface area contributed by atoms with Gasteiger partial charge >= 0.3 is 0 Å². The van der Waals surface area contributed by atoms with Crippen LogP contribution in [0, 0.1) is 0 Å². The van der Waals surface area contributed by atoms with Gasteiger partial charge in [0.25, 0.3) is 0 Å². The van der Waals surface area contributed by atoms with Gasteiger partial charge in [-0.25, -0.2) is 0 Å². The highest BCUT2D eigenvalue weighted by Crippen LogP contribution is 2.24. The molecule has 1 aliphatic carbocycles. The molecule has 1 N–H and O–H groups in total. The van der Waals surface area contributed by atoms with Crippen molar-refractivity contribution in [1.29, 1.82) is 0 Å². The molecule has 23 heavy (non-hydrogen) atoms. The minimum absolute atomic E-state index is 0.0875. The molecule has 0 aliphatic heterocycles. The number of hydrogen-bond donors (Lipinski definition) is 1. The zero-order chi connectivity index (χ0) is 15.6. The topological polar surface area (TPSA) is 55.6 Å². The Balaban J connectivity index is 1.51. The molecule has 1 atom stereocenters. The van der Waals surface area contributed by atoms with Crippen LogP contribution in [0.5, 0.6) is 0 Å². The van der Waals surface area contributed by atoms with Gasteiger partial charge in [-0.2, -0.15) is 4.68 Å². The van der Waals surface area contributed by atoms with E-state index in [1.807, 2.05) is 30.3 Å². The van der Waals surface area contributed by atoms with Crippen LogP contribution in [0.15, 0.2) is 54.6 Å². The van der Waals surface area contributed by atoms with Gasteiger partial charge in [0.1, 0.15) is 0 Å². The first-order chi connectivity index (χ1) is 11.3. The lowest BCUT2D eigenvalue weighted by molar-refractivity contribution is 0.446. The van der Waals surface area contributed by atoms with Crippen molar-refractivity contribution in [3.8, 4) is 5.69 Å². The average Bonchev–Trinajstić information content (AvgIpc) is 3.22. The van der Waals surface area contributed by atoms with Crippen molar-refractivity contribution in [1.82, 2.24) is 25.5 Å². The van der Waals surface area contributed by atoms with E-state index < -0.39 is 0 Å². The largest absolute Gasteiger partial charge is 0.304 e. The molecule has 4 rings (SSSR count). The Bertz CT molecular complexity index is 771. The second-order valence-electron chi connectivity index (χ2n) is 6.05. The molecule has 0 bridgehead atoms. The molecule has 1 aromatic heterocycles. The summed E-state index contributed by atoms with van der Waals surface area (Å²) in [4.78, 5) is 0. The summed E-state index contributed by atoms with van der Waals surface area (Å²) in [6.07, 6.45) is 2.13. The highest BCUT2D eigenvalue weighted by atomic mass is 15.5. The van der Waals surface area contributed by atoms with E-state index in [1.165, 1.54) is 11.1 Å². The van der Waals surface area contributed by atoms with E-state index >= 15 is 0 Å². The second-order valence-corrected chi connectivity index (χ2v) is 6.05. The number of para-hydroxylation sites is 1. The molecule has 0 spiro atoms. The molecule has 5 heteroatoms. The van der Waals surface area contributed by atoms with Gasteiger partial charge in [-0.1, -0.05) is 42.5 Å². The van der Waals surface area contributed by atoms with E-state index in [0.29, 0.717) is 6.04 Å². The van der Waals surface area contributed by atoms with E-state index in [-0.39, 0.29) is 6.04 Å². The summed E-state index contributed by atoms with van der Waals surface area (Å²) in [6.45, 7) is 2.12. The first-order valence-electron chi connectivity index (χ1n) is 7.98. The molecule has 5 nitrogen and oxygen atoms in total. The maximum Gasteiger partial charge on any atom is 0.173 e. The lowest BCUT2D eigenvalue weighted by Gasteiger charge is -2.18. The van der Waals surface area contributed by atoms with Crippen molar-refractivity contribution in [3.63, 3.8) is 0 Å². The van der Waals surface area contributed by atoms with Crippen molar-refractivity contribution >= 4 is 0 Å². The van der Waals surface area contributed by atoms with Crippen molar-refractivity contribution in [2.75, 3.05) is 0 Å². The van der Waals surface area contributed by atoms with Crippen LogP contribution < -0.4 is 5.32 Å². The number of aromatic nitrogens is 4. The van der Waals surface area contributed by atoms with E-state index in [2.05, 4.69) is 52.0 Å². The predicted molar refractivity (Wildman–Crippen MR) is 88.3 cm³/mol. The lowest BCUT2D eigenvalue weighted by Crippen LogP contribution is -2.33. The quantitative estimate of drug-likeness (QED) is 0.804. The molecule has 116 valence electrons. The molecule has 0 radical (unpaired) electrons. The van der Waals surface area contributed by atoms with Gasteiger partial charge < -0.3 is 5.32 Å². The minimum atomic E-state index is 0.0875. The van der Waals surface area contributed by atoms with Gasteiger partial charge in [0.2, 0.25) is 0 Å². The Morgan fingerprint density at radius 1 is 1.00 bits per heavy atom. The smallest absolute Gasteiger partial charge is 0.173 e. The van der Waals surface area contributed by atoms with Crippen molar-refractivity contribution in [3.05, 3.63) is 71.5 Å². The highest BCUT2D eigenvalue weighted by Gasteiger charge is 2.24. The zero-order valence-corrected chi connectivity index (χ0v) is 13.1. The van der Waals surface area contributed by atoms with Crippen molar-refractivity contribution < 1.29 is 0 Å². The molecule has 0 saturated carbocycles. The maximum atomic E-state index is 4.22. The lowest BCUT2D eigenvalue weighted by atomic mass is 10.1. The fourth-order valence-electron chi connectivity index (χ4n) is 3.32. The molecule has 0 fully saturated rings. The number of rotatable bonds is 4. The van der Waals surface area contributed by atoms with Crippen LogP contribution in [0.2, 0.25) is 0 Å². The summed E-state index contributed by atoms with van der Waals surface area (Å²) in [5.41, 5.74) is 3.87. The summed E-state index contributed by atoms with van der Waals surface area (Å²) in [7, 11) is 0. The van der Waals surface area contributed by atoms with Gasteiger partial charge in [0.05, 0.1) is 11.7 Å². The number of hydrogen-bond acceptors (Lipinski definition) is 4. The molecule has 0 unspecified atom stereocenters. The summed E-state index contributed by atoms with van der Waals surface area (Å²) in [5.74, 6) is 0.840. The van der Waals surface area contributed by atoms with Crippen LogP contribution in [0.25, 0.3) is 5.69 Å². The molecular weight excluding hydrogens is 286 g/mol. The van der Waals surface area contributed by atoms with Crippen LogP contribution in [-0.2, 0) is 12.8 Å². The van der Waals surface area contributed by atoms with E-state index in [9.17, 15) is 0 Å². The number of nitrogens with one attached hydrogen (secondary N) is 1. The van der Waals surface area contributed by atoms with Gasteiger partial charge in [-0.15, -0.1) is 5.10 Å². The Hall–Kier alpha value is -2.53. The van der Waals surface area contributed by atoms with Gasteiger partial charge in [0, 0.05) is 6.04 Å². The Morgan fingerprint density at radius 3 is 2.35 bits per heavy atom. The highest BCUT2D eigenvalue weighted by molar-refractivity contribution is 5.34. The van der Waals surface area contributed by atoms with Gasteiger partial charge in [-0.3, -0.25) is 0 Å².